The van der Waals surface area contributed by atoms with E-state index < -0.39 is 5.91 Å². The Labute approximate surface area is 168 Å². The zero-order valence-corrected chi connectivity index (χ0v) is 16.4. The van der Waals surface area contributed by atoms with Gasteiger partial charge in [-0.2, -0.15) is 5.26 Å². The maximum Gasteiger partial charge on any atom is 0.251 e. The number of amides is 2. The molecule has 1 aliphatic heterocycles. The first-order valence-corrected chi connectivity index (χ1v) is 10.0. The summed E-state index contributed by atoms with van der Waals surface area (Å²) >= 11 is 1.30. The zero-order chi connectivity index (χ0) is 19.9. The number of carbonyl (C=O) groups is 2. The minimum absolute atomic E-state index is 0.107. The molecule has 8 heteroatoms. The van der Waals surface area contributed by atoms with Crippen LogP contribution in [-0.4, -0.2) is 54.3 Å². The van der Waals surface area contributed by atoms with Crippen LogP contribution in [0.15, 0.2) is 35.7 Å². The molecule has 28 heavy (non-hydrogen) atoms. The third-order valence-electron chi connectivity index (χ3n) is 4.79. The monoisotopic (exact) mass is 397 g/mol. The van der Waals surface area contributed by atoms with Crippen molar-refractivity contribution in [1.82, 2.24) is 9.80 Å². The number of hydrogen-bond acceptors (Lipinski definition) is 6. The quantitative estimate of drug-likeness (QED) is 0.742. The topological polar surface area (TPSA) is 102 Å². The van der Waals surface area contributed by atoms with Crippen LogP contribution in [0.5, 0.6) is 0 Å². The molecule has 1 aromatic carbocycles. The number of hydrogen-bond donors (Lipinski definition) is 2. The smallest absolute Gasteiger partial charge is 0.251 e. The SMILES string of the molecule is N#Cc1ccc(CN2CCN(CCC(=O)Nc3sccc3C(N)=O)CC2)cc1. The summed E-state index contributed by atoms with van der Waals surface area (Å²) in [5, 5.41) is 13.9. The van der Waals surface area contributed by atoms with Crippen LogP contribution >= 0.6 is 11.3 Å². The number of primary amides is 1. The number of anilines is 1. The van der Waals surface area contributed by atoms with Crippen molar-refractivity contribution in [2.75, 3.05) is 38.0 Å². The highest BCUT2D eigenvalue weighted by atomic mass is 32.1. The maximum absolute atomic E-state index is 12.2. The average molecular weight is 398 g/mol. The Bertz CT molecular complexity index is 863. The van der Waals surface area contributed by atoms with E-state index in [0.29, 0.717) is 29.1 Å². The summed E-state index contributed by atoms with van der Waals surface area (Å²) in [5.41, 5.74) is 7.53. The van der Waals surface area contributed by atoms with E-state index in [-0.39, 0.29) is 5.91 Å². The van der Waals surface area contributed by atoms with Crippen LogP contribution in [0, 0.1) is 11.3 Å². The highest BCUT2D eigenvalue weighted by Crippen LogP contribution is 2.22. The van der Waals surface area contributed by atoms with Gasteiger partial charge in [0.2, 0.25) is 5.91 Å². The Hall–Kier alpha value is -2.73. The number of nitriles is 1. The molecule has 2 amide bonds. The molecule has 0 spiro atoms. The highest BCUT2D eigenvalue weighted by molar-refractivity contribution is 7.14. The normalized spacial score (nSPS) is 15.1. The van der Waals surface area contributed by atoms with E-state index in [9.17, 15) is 9.59 Å². The molecule has 0 radical (unpaired) electrons. The molecule has 1 aliphatic rings. The summed E-state index contributed by atoms with van der Waals surface area (Å²) in [4.78, 5) is 28.1. The molecule has 1 saturated heterocycles. The number of piperazine rings is 1. The number of carbonyl (C=O) groups excluding carboxylic acids is 2. The molecular formula is C20H23N5O2S. The molecule has 3 rings (SSSR count). The van der Waals surface area contributed by atoms with Gasteiger partial charge in [-0.05, 0) is 29.1 Å². The Morgan fingerprint density at radius 1 is 1.11 bits per heavy atom. The molecule has 146 valence electrons. The second kappa shape index (κ2) is 9.46. The minimum Gasteiger partial charge on any atom is -0.366 e. The predicted molar refractivity (Wildman–Crippen MR) is 109 cm³/mol. The van der Waals surface area contributed by atoms with Crippen LogP contribution in [0.25, 0.3) is 0 Å². The predicted octanol–water partition coefficient (Wildman–Crippen LogP) is 1.87. The minimum atomic E-state index is -0.532. The third kappa shape index (κ3) is 5.39. The largest absolute Gasteiger partial charge is 0.366 e. The summed E-state index contributed by atoms with van der Waals surface area (Å²) in [6, 6.07) is 11.5. The van der Waals surface area contributed by atoms with Crippen molar-refractivity contribution in [2.24, 2.45) is 5.73 Å². The fourth-order valence-corrected chi connectivity index (χ4v) is 3.97. The van der Waals surface area contributed by atoms with Gasteiger partial charge < -0.3 is 16.0 Å². The van der Waals surface area contributed by atoms with Gasteiger partial charge in [-0.3, -0.25) is 14.5 Å². The lowest BCUT2D eigenvalue weighted by Crippen LogP contribution is -2.46. The average Bonchev–Trinajstić information content (AvgIpc) is 3.16. The van der Waals surface area contributed by atoms with Gasteiger partial charge in [0.05, 0.1) is 17.2 Å². The Morgan fingerprint density at radius 2 is 1.79 bits per heavy atom. The lowest BCUT2D eigenvalue weighted by molar-refractivity contribution is -0.116. The number of benzene rings is 1. The molecule has 1 fully saturated rings. The molecule has 0 aliphatic carbocycles. The summed E-state index contributed by atoms with van der Waals surface area (Å²) in [6.45, 7) is 5.27. The second-order valence-corrected chi connectivity index (χ2v) is 7.67. The molecule has 2 heterocycles. The van der Waals surface area contributed by atoms with Crippen LogP contribution < -0.4 is 11.1 Å². The molecular weight excluding hydrogens is 374 g/mol. The fourth-order valence-electron chi connectivity index (χ4n) is 3.16. The molecule has 0 saturated carbocycles. The van der Waals surface area contributed by atoms with Crippen LogP contribution in [0.3, 0.4) is 0 Å². The lowest BCUT2D eigenvalue weighted by Gasteiger charge is -2.34. The van der Waals surface area contributed by atoms with Gasteiger partial charge in [0.15, 0.2) is 0 Å². The van der Waals surface area contributed by atoms with Gasteiger partial charge >= 0.3 is 0 Å². The number of nitrogens with one attached hydrogen (secondary N) is 1. The van der Waals surface area contributed by atoms with Crippen molar-refractivity contribution < 1.29 is 9.59 Å². The van der Waals surface area contributed by atoms with E-state index in [2.05, 4.69) is 21.2 Å². The van der Waals surface area contributed by atoms with Crippen LogP contribution in [0.1, 0.15) is 27.9 Å². The van der Waals surface area contributed by atoms with Crippen molar-refractivity contribution in [2.45, 2.75) is 13.0 Å². The van der Waals surface area contributed by atoms with Gasteiger partial charge in [0.1, 0.15) is 5.00 Å². The van der Waals surface area contributed by atoms with Gasteiger partial charge in [0, 0.05) is 45.7 Å². The molecule has 1 aromatic heterocycles. The molecule has 7 nitrogen and oxygen atoms in total. The second-order valence-electron chi connectivity index (χ2n) is 6.75. The standard InChI is InChI=1S/C20H23N5O2S/c21-13-15-1-3-16(4-2-15)14-25-10-8-24(9-11-25)7-5-18(26)23-20-17(19(22)27)6-12-28-20/h1-4,6,12H,5,7-11,14H2,(H2,22,27)(H,23,26). The fraction of sp³-hybridized carbons (Fsp3) is 0.350. The van der Waals surface area contributed by atoms with Gasteiger partial charge in [-0.15, -0.1) is 11.3 Å². The van der Waals surface area contributed by atoms with Crippen molar-refractivity contribution in [3.8, 4) is 6.07 Å². The summed E-state index contributed by atoms with van der Waals surface area (Å²) in [5.74, 6) is -0.639. The zero-order valence-electron chi connectivity index (χ0n) is 15.6. The van der Waals surface area contributed by atoms with E-state index in [1.165, 1.54) is 16.9 Å². The van der Waals surface area contributed by atoms with Crippen molar-refractivity contribution >= 4 is 28.2 Å². The van der Waals surface area contributed by atoms with Gasteiger partial charge in [0.25, 0.3) is 5.91 Å². The molecule has 0 unspecified atom stereocenters. The van der Waals surface area contributed by atoms with E-state index in [1.807, 2.05) is 24.3 Å². The van der Waals surface area contributed by atoms with E-state index in [0.717, 1.165) is 32.7 Å². The van der Waals surface area contributed by atoms with Crippen LogP contribution in [0.4, 0.5) is 5.00 Å². The first kappa shape index (κ1) is 20.0. The van der Waals surface area contributed by atoms with Crippen LogP contribution in [0.2, 0.25) is 0 Å². The number of thiophene rings is 1. The molecule has 2 aromatic rings. The number of rotatable bonds is 7. The van der Waals surface area contributed by atoms with Crippen molar-refractivity contribution in [3.63, 3.8) is 0 Å². The van der Waals surface area contributed by atoms with Crippen molar-refractivity contribution in [1.29, 1.82) is 5.26 Å². The Kier molecular flexibility index (Phi) is 6.76. The number of nitrogens with two attached hydrogens (primary N) is 1. The van der Waals surface area contributed by atoms with Gasteiger partial charge in [-0.25, -0.2) is 0 Å². The number of nitrogens with zero attached hydrogens (tertiary/aromatic N) is 3. The molecule has 0 bridgehead atoms. The van der Waals surface area contributed by atoms with E-state index in [4.69, 9.17) is 11.0 Å². The van der Waals surface area contributed by atoms with Crippen molar-refractivity contribution in [3.05, 3.63) is 52.4 Å². The Balaban J connectivity index is 1.39. The highest BCUT2D eigenvalue weighted by Gasteiger charge is 2.18. The summed E-state index contributed by atoms with van der Waals surface area (Å²) < 4.78 is 0. The van der Waals surface area contributed by atoms with E-state index >= 15 is 0 Å². The molecule has 0 atom stereocenters. The first-order valence-electron chi connectivity index (χ1n) is 9.16. The van der Waals surface area contributed by atoms with Gasteiger partial charge in [-0.1, -0.05) is 12.1 Å². The molecule has 3 N–H and O–H groups in total. The van der Waals surface area contributed by atoms with E-state index in [1.54, 1.807) is 11.4 Å². The summed E-state index contributed by atoms with van der Waals surface area (Å²) in [6.07, 6.45) is 0.381. The lowest BCUT2D eigenvalue weighted by atomic mass is 10.1. The first-order chi connectivity index (χ1) is 13.5. The Morgan fingerprint density at radius 3 is 2.43 bits per heavy atom. The third-order valence-corrected chi connectivity index (χ3v) is 5.62. The van der Waals surface area contributed by atoms with Crippen LogP contribution in [-0.2, 0) is 11.3 Å². The summed E-state index contributed by atoms with van der Waals surface area (Å²) in [7, 11) is 0. The maximum atomic E-state index is 12.2.